The van der Waals surface area contributed by atoms with E-state index >= 15 is 0 Å². The number of benzene rings is 2. The van der Waals surface area contributed by atoms with Gasteiger partial charge in [-0.25, -0.2) is 0 Å². The van der Waals surface area contributed by atoms with Crippen molar-refractivity contribution in [2.24, 2.45) is 0 Å². The summed E-state index contributed by atoms with van der Waals surface area (Å²) in [4.78, 5) is 0. The van der Waals surface area contributed by atoms with Crippen LogP contribution in [0.25, 0.3) is 11.3 Å². The van der Waals surface area contributed by atoms with Crippen molar-refractivity contribution in [1.29, 1.82) is 5.26 Å². The molecule has 0 aliphatic carbocycles. The molecule has 2 aromatic carbocycles. The summed E-state index contributed by atoms with van der Waals surface area (Å²) in [5, 5.41) is 15.8. The largest absolute Gasteiger partial charge is 0.486 e. The summed E-state index contributed by atoms with van der Waals surface area (Å²) in [6.07, 6.45) is -5.06. The molecule has 3 rings (SSSR count). The van der Waals surface area contributed by atoms with Gasteiger partial charge in [0.05, 0.1) is 5.56 Å². The molecule has 0 spiro atoms. The van der Waals surface area contributed by atoms with Crippen LogP contribution in [-0.4, -0.2) is 10.4 Å². The van der Waals surface area contributed by atoms with Crippen LogP contribution in [0.3, 0.4) is 0 Å². The molecule has 3 aromatic rings. The summed E-state index contributed by atoms with van der Waals surface area (Å²) >= 11 is 0. The number of rotatable bonds is 4. The zero-order valence-corrected chi connectivity index (χ0v) is 13.5. The van der Waals surface area contributed by atoms with Gasteiger partial charge in [-0.1, -0.05) is 30.3 Å². The summed E-state index contributed by atoms with van der Waals surface area (Å²) in [7, 11) is 0. The number of aromatic nitrogens is 2. The molecule has 132 valence electrons. The van der Waals surface area contributed by atoms with Gasteiger partial charge in [0.2, 0.25) is 0 Å². The Morgan fingerprint density at radius 3 is 2.54 bits per heavy atom. The van der Waals surface area contributed by atoms with E-state index in [1.165, 1.54) is 6.07 Å². The molecule has 0 saturated carbocycles. The van der Waals surface area contributed by atoms with Crippen LogP contribution in [0.1, 0.15) is 29.9 Å². The highest BCUT2D eigenvalue weighted by atomic mass is 19.4. The van der Waals surface area contributed by atoms with E-state index in [1.54, 1.807) is 13.0 Å². The van der Waals surface area contributed by atoms with Crippen LogP contribution in [0.15, 0.2) is 53.1 Å². The molecule has 1 atom stereocenters. The van der Waals surface area contributed by atoms with E-state index in [0.29, 0.717) is 0 Å². The number of ether oxygens (including phenoxy) is 1. The quantitative estimate of drug-likeness (QED) is 0.671. The van der Waals surface area contributed by atoms with Gasteiger partial charge in [-0.15, -0.1) is 5.10 Å². The maximum Gasteiger partial charge on any atom is 0.416 e. The van der Waals surface area contributed by atoms with Gasteiger partial charge in [0.15, 0.2) is 5.69 Å². The van der Waals surface area contributed by atoms with Crippen molar-refractivity contribution in [2.45, 2.75) is 19.2 Å². The fourth-order valence-corrected chi connectivity index (χ4v) is 2.42. The Labute approximate surface area is 146 Å². The maximum absolute atomic E-state index is 13.3. The number of hydrogen-bond acceptors (Lipinski definition) is 5. The third kappa shape index (κ3) is 3.67. The van der Waals surface area contributed by atoms with Crippen molar-refractivity contribution < 1.29 is 22.4 Å². The fraction of sp³-hybridized carbons (Fsp3) is 0.167. The Morgan fingerprint density at radius 2 is 1.88 bits per heavy atom. The van der Waals surface area contributed by atoms with Crippen molar-refractivity contribution in [2.75, 3.05) is 0 Å². The third-order valence-electron chi connectivity index (χ3n) is 3.68. The van der Waals surface area contributed by atoms with Gasteiger partial charge in [-0.2, -0.15) is 18.4 Å². The Morgan fingerprint density at radius 1 is 1.15 bits per heavy atom. The number of nitriles is 1. The summed E-state index contributed by atoms with van der Waals surface area (Å²) in [6, 6.07) is 13.9. The lowest BCUT2D eigenvalue weighted by atomic mass is 10.1. The van der Waals surface area contributed by atoms with E-state index in [2.05, 4.69) is 14.9 Å². The van der Waals surface area contributed by atoms with Crippen LogP contribution in [0.2, 0.25) is 0 Å². The Hall–Kier alpha value is -3.34. The lowest BCUT2D eigenvalue weighted by Gasteiger charge is -2.17. The van der Waals surface area contributed by atoms with Crippen molar-refractivity contribution in [3.63, 3.8) is 0 Å². The van der Waals surface area contributed by atoms with E-state index in [9.17, 15) is 13.2 Å². The Bertz CT molecular complexity index is 946. The average Bonchev–Trinajstić information content (AvgIpc) is 3.10. The standard InChI is InChI=1S/C18H12F3N3O2/c1-11(12-5-3-2-4-6-12)25-15-8-13(7-14(9-15)18(19,20)21)17-16(10-22)26-24-23-17/h2-9,11H,1H3. The number of alkyl halides is 3. The SMILES string of the molecule is CC(Oc1cc(-c2nnoc2C#N)cc(C(F)(F)F)c1)c1ccccc1. The predicted molar refractivity (Wildman–Crippen MR) is 84.9 cm³/mol. The maximum atomic E-state index is 13.3. The van der Waals surface area contributed by atoms with Crippen LogP contribution >= 0.6 is 0 Å². The van der Waals surface area contributed by atoms with Gasteiger partial charge in [-0.05, 0) is 30.7 Å². The molecule has 0 radical (unpaired) electrons. The molecular formula is C18H12F3N3O2. The molecule has 0 fully saturated rings. The van der Waals surface area contributed by atoms with Crippen molar-refractivity contribution >= 4 is 0 Å². The topological polar surface area (TPSA) is 71.9 Å². The minimum Gasteiger partial charge on any atom is -0.486 e. The van der Waals surface area contributed by atoms with Gasteiger partial charge in [0.1, 0.15) is 17.9 Å². The molecule has 5 nitrogen and oxygen atoms in total. The molecule has 1 aromatic heterocycles. The van der Waals surface area contributed by atoms with Gasteiger partial charge in [-0.3, -0.25) is 0 Å². The van der Waals surface area contributed by atoms with Gasteiger partial charge in [0.25, 0.3) is 5.76 Å². The molecule has 8 heteroatoms. The molecule has 0 saturated heterocycles. The minimum absolute atomic E-state index is 0.00179. The predicted octanol–water partition coefficient (Wildman–Crippen LogP) is 4.77. The summed E-state index contributed by atoms with van der Waals surface area (Å²) < 4.78 is 50.1. The Kier molecular flexibility index (Phi) is 4.63. The highest BCUT2D eigenvalue weighted by Crippen LogP contribution is 2.37. The Balaban J connectivity index is 2.02. The zero-order valence-electron chi connectivity index (χ0n) is 13.5. The number of hydrogen-bond donors (Lipinski definition) is 0. The highest BCUT2D eigenvalue weighted by molar-refractivity contribution is 5.66. The summed E-state index contributed by atoms with van der Waals surface area (Å²) in [6.45, 7) is 1.73. The molecule has 0 aliphatic heterocycles. The van der Waals surface area contributed by atoms with Crippen LogP contribution in [0.4, 0.5) is 13.2 Å². The molecule has 0 N–H and O–H groups in total. The molecule has 26 heavy (non-hydrogen) atoms. The zero-order chi connectivity index (χ0) is 18.7. The van der Waals surface area contributed by atoms with E-state index < -0.39 is 17.8 Å². The number of halogens is 3. The number of nitrogens with zero attached hydrogens (tertiary/aromatic N) is 3. The summed E-state index contributed by atoms with van der Waals surface area (Å²) in [5.74, 6) is -0.274. The van der Waals surface area contributed by atoms with Crippen LogP contribution < -0.4 is 4.74 Å². The van der Waals surface area contributed by atoms with E-state index in [4.69, 9.17) is 10.00 Å². The molecule has 0 amide bonds. The van der Waals surface area contributed by atoms with Crippen molar-refractivity contribution in [3.05, 3.63) is 65.4 Å². The second kappa shape index (κ2) is 6.88. The smallest absolute Gasteiger partial charge is 0.416 e. The average molecular weight is 359 g/mol. The van der Waals surface area contributed by atoms with Crippen LogP contribution in [0, 0.1) is 11.3 Å². The second-order valence-electron chi connectivity index (χ2n) is 5.48. The summed E-state index contributed by atoms with van der Waals surface area (Å²) in [5.41, 5.74) is -0.145. The minimum atomic E-state index is -4.59. The van der Waals surface area contributed by atoms with Crippen molar-refractivity contribution in [3.8, 4) is 23.1 Å². The van der Waals surface area contributed by atoms with Gasteiger partial charge in [0, 0.05) is 10.8 Å². The van der Waals surface area contributed by atoms with Crippen LogP contribution in [0.5, 0.6) is 5.75 Å². The molecule has 0 bridgehead atoms. The monoisotopic (exact) mass is 359 g/mol. The molecular weight excluding hydrogens is 347 g/mol. The second-order valence-corrected chi connectivity index (χ2v) is 5.48. The highest BCUT2D eigenvalue weighted by Gasteiger charge is 2.32. The normalized spacial score (nSPS) is 12.4. The van der Waals surface area contributed by atoms with Gasteiger partial charge < -0.3 is 9.26 Å². The fourth-order valence-electron chi connectivity index (χ4n) is 2.42. The van der Waals surface area contributed by atoms with Crippen molar-refractivity contribution in [1.82, 2.24) is 10.4 Å². The lowest BCUT2D eigenvalue weighted by Crippen LogP contribution is -2.08. The van der Waals surface area contributed by atoms with E-state index in [-0.39, 0.29) is 22.8 Å². The first-order valence-electron chi connectivity index (χ1n) is 7.55. The van der Waals surface area contributed by atoms with E-state index in [1.807, 2.05) is 30.3 Å². The first-order valence-corrected chi connectivity index (χ1v) is 7.55. The van der Waals surface area contributed by atoms with Gasteiger partial charge >= 0.3 is 6.18 Å². The first kappa shape index (κ1) is 17.5. The molecule has 1 unspecified atom stereocenters. The molecule has 0 aliphatic rings. The van der Waals surface area contributed by atoms with Crippen LogP contribution in [-0.2, 0) is 6.18 Å². The lowest BCUT2D eigenvalue weighted by molar-refractivity contribution is -0.137. The first-order chi connectivity index (χ1) is 12.4. The molecule has 1 heterocycles. The third-order valence-corrected chi connectivity index (χ3v) is 3.68. The van der Waals surface area contributed by atoms with E-state index in [0.717, 1.165) is 17.7 Å².